The number of halogens is 1. The number of rotatable bonds is 4. The van der Waals surface area contributed by atoms with Crippen molar-refractivity contribution in [2.45, 2.75) is 63.5 Å². The maximum atomic E-state index is 5.10. The fourth-order valence-electron chi connectivity index (χ4n) is 4.75. The molecule has 2 heterocycles. The number of hydrogen-bond donors (Lipinski definition) is 1. The lowest BCUT2D eigenvalue weighted by Crippen LogP contribution is -2.53. The maximum Gasteiger partial charge on any atom is 0.193 e. The van der Waals surface area contributed by atoms with Gasteiger partial charge in [-0.25, -0.2) is 0 Å². The number of thioether (sulfide) groups is 1. The first-order valence-corrected chi connectivity index (χ1v) is 11.6. The quantitative estimate of drug-likeness (QED) is 0.363. The second kappa shape index (κ2) is 11.3. The normalized spacial score (nSPS) is 27.2. The van der Waals surface area contributed by atoms with Gasteiger partial charge in [-0.15, -0.1) is 24.0 Å². The minimum Gasteiger partial charge on any atom is -0.357 e. The standard InChI is InChI=1S/C20H38N4S.HI/c1-3-21-19(22-15-18-9-8-12-23(4-2)16-18)24-13-14-25-20(17-24)10-6-5-7-11-20;/h18H,3-17H2,1-2H3,(H,21,22);1H. The van der Waals surface area contributed by atoms with Crippen LogP contribution < -0.4 is 5.32 Å². The average Bonchev–Trinajstić information content (AvgIpc) is 2.66. The van der Waals surface area contributed by atoms with Crippen molar-refractivity contribution in [1.29, 1.82) is 0 Å². The number of hydrogen-bond acceptors (Lipinski definition) is 3. The Hall–Kier alpha value is 0.310. The minimum atomic E-state index is 0. The molecule has 26 heavy (non-hydrogen) atoms. The molecule has 1 spiro atoms. The molecular formula is C20H39IN4S. The molecule has 1 saturated carbocycles. The van der Waals surface area contributed by atoms with E-state index in [4.69, 9.17) is 4.99 Å². The monoisotopic (exact) mass is 494 g/mol. The molecule has 3 aliphatic rings. The summed E-state index contributed by atoms with van der Waals surface area (Å²) in [7, 11) is 0. The molecule has 3 fully saturated rings. The van der Waals surface area contributed by atoms with Crippen LogP contribution in [0.4, 0.5) is 0 Å². The summed E-state index contributed by atoms with van der Waals surface area (Å²) >= 11 is 2.24. The summed E-state index contributed by atoms with van der Waals surface area (Å²) in [5, 5.41) is 3.59. The lowest BCUT2D eigenvalue weighted by atomic mass is 9.87. The van der Waals surface area contributed by atoms with Gasteiger partial charge in [0.15, 0.2) is 5.96 Å². The molecule has 1 atom stereocenters. The first-order valence-electron chi connectivity index (χ1n) is 10.6. The van der Waals surface area contributed by atoms with Gasteiger partial charge in [-0.3, -0.25) is 4.99 Å². The van der Waals surface area contributed by atoms with Gasteiger partial charge in [0.25, 0.3) is 0 Å². The predicted octanol–water partition coefficient (Wildman–Crippen LogP) is 4.05. The van der Waals surface area contributed by atoms with E-state index in [1.807, 2.05) is 0 Å². The molecule has 6 heteroatoms. The Balaban J connectivity index is 0.00000243. The van der Waals surface area contributed by atoms with Crippen molar-refractivity contribution in [3.63, 3.8) is 0 Å². The van der Waals surface area contributed by atoms with Crippen LogP contribution in [0.1, 0.15) is 58.8 Å². The third-order valence-corrected chi connectivity index (χ3v) is 7.73. The zero-order chi connectivity index (χ0) is 17.5. The summed E-state index contributed by atoms with van der Waals surface area (Å²) < 4.78 is 0.510. The van der Waals surface area contributed by atoms with E-state index in [0.29, 0.717) is 4.75 Å². The third-order valence-electron chi connectivity index (χ3n) is 6.20. The fourth-order valence-corrected chi connectivity index (χ4v) is 6.32. The smallest absolute Gasteiger partial charge is 0.193 e. The van der Waals surface area contributed by atoms with E-state index in [0.717, 1.165) is 25.6 Å². The second-order valence-corrected chi connectivity index (χ2v) is 9.67. The van der Waals surface area contributed by atoms with Gasteiger partial charge in [0.2, 0.25) is 0 Å². The van der Waals surface area contributed by atoms with E-state index in [1.54, 1.807) is 0 Å². The number of guanidine groups is 1. The fraction of sp³-hybridized carbons (Fsp3) is 0.950. The Kier molecular flexibility index (Phi) is 9.86. The van der Waals surface area contributed by atoms with Gasteiger partial charge in [-0.05, 0) is 51.6 Å². The van der Waals surface area contributed by atoms with Crippen molar-refractivity contribution < 1.29 is 0 Å². The summed E-state index contributed by atoms with van der Waals surface area (Å²) in [6.45, 7) is 12.5. The molecule has 4 nitrogen and oxygen atoms in total. The first kappa shape index (κ1) is 22.6. The van der Waals surface area contributed by atoms with Crippen LogP contribution in [0.15, 0.2) is 4.99 Å². The molecule has 1 aliphatic carbocycles. The summed E-state index contributed by atoms with van der Waals surface area (Å²) in [5.74, 6) is 3.18. The number of nitrogens with one attached hydrogen (secondary N) is 1. The van der Waals surface area contributed by atoms with E-state index < -0.39 is 0 Å². The number of likely N-dealkylation sites (tertiary alicyclic amines) is 1. The second-order valence-electron chi connectivity index (χ2n) is 8.11. The van der Waals surface area contributed by atoms with E-state index in [-0.39, 0.29) is 24.0 Å². The van der Waals surface area contributed by atoms with Crippen LogP contribution in [-0.4, -0.2) is 72.1 Å². The minimum absolute atomic E-state index is 0. The molecule has 152 valence electrons. The largest absolute Gasteiger partial charge is 0.357 e. The van der Waals surface area contributed by atoms with E-state index in [9.17, 15) is 0 Å². The Labute approximate surface area is 182 Å². The molecule has 2 aliphatic heterocycles. The Morgan fingerprint density at radius 3 is 2.69 bits per heavy atom. The van der Waals surface area contributed by atoms with Gasteiger partial charge < -0.3 is 15.1 Å². The lowest BCUT2D eigenvalue weighted by molar-refractivity contribution is 0.186. The topological polar surface area (TPSA) is 30.9 Å². The number of piperidine rings is 1. The highest BCUT2D eigenvalue weighted by atomic mass is 127. The first-order chi connectivity index (χ1) is 12.2. The molecule has 3 rings (SSSR count). The zero-order valence-corrected chi connectivity index (χ0v) is 20.0. The van der Waals surface area contributed by atoms with E-state index >= 15 is 0 Å². The highest BCUT2D eigenvalue weighted by Gasteiger charge is 2.38. The van der Waals surface area contributed by atoms with Crippen molar-refractivity contribution in [1.82, 2.24) is 15.1 Å². The molecular weight excluding hydrogens is 455 g/mol. The molecule has 1 N–H and O–H groups in total. The molecule has 0 radical (unpaired) electrons. The van der Waals surface area contributed by atoms with Crippen LogP contribution in [0.25, 0.3) is 0 Å². The summed E-state index contributed by atoms with van der Waals surface area (Å²) in [6.07, 6.45) is 9.77. The summed E-state index contributed by atoms with van der Waals surface area (Å²) in [5.41, 5.74) is 0. The van der Waals surface area contributed by atoms with Gasteiger partial charge in [0.05, 0.1) is 0 Å². The van der Waals surface area contributed by atoms with Gasteiger partial charge in [-0.2, -0.15) is 11.8 Å². The highest BCUT2D eigenvalue weighted by molar-refractivity contribution is 14.0. The molecule has 0 amide bonds. The highest BCUT2D eigenvalue weighted by Crippen LogP contribution is 2.42. The SMILES string of the molecule is CCNC(=NCC1CCCN(CC)C1)N1CCSC2(CCCCC2)C1.I. The van der Waals surface area contributed by atoms with Crippen LogP contribution >= 0.6 is 35.7 Å². The Morgan fingerprint density at radius 1 is 1.15 bits per heavy atom. The van der Waals surface area contributed by atoms with Crippen LogP contribution in [0.5, 0.6) is 0 Å². The van der Waals surface area contributed by atoms with Gasteiger partial charge in [0.1, 0.15) is 0 Å². The van der Waals surface area contributed by atoms with Crippen molar-refractivity contribution in [3.8, 4) is 0 Å². The summed E-state index contributed by atoms with van der Waals surface area (Å²) in [4.78, 5) is 10.3. The van der Waals surface area contributed by atoms with Gasteiger partial charge >= 0.3 is 0 Å². The maximum absolute atomic E-state index is 5.10. The predicted molar refractivity (Wildman–Crippen MR) is 126 cm³/mol. The van der Waals surface area contributed by atoms with Crippen LogP contribution in [0, 0.1) is 5.92 Å². The van der Waals surface area contributed by atoms with Crippen LogP contribution in [-0.2, 0) is 0 Å². The lowest BCUT2D eigenvalue weighted by Gasteiger charge is -2.45. The average molecular weight is 495 g/mol. The van der Waals surface area contributed by atoms with E-state index in [2.05, 4.69) is 40.7 Å². The number of nitrogens with zero attached hydrogens (tertiary/aromatic N) is 3. The molecule has 0 aromatic carbocycles. The molecule has 0 bridgehead atoms. The van der Waals surface area contributed by atoms with Gasteiger partial charge in [0, 0.05) is 43.2 Å². The van der Waals surface area contributed by atoms with Crippen LogP contribution in [0.2, 0.25) is 0 Å². The number of aliphatic imine (C=N–C) groups is 1. The van der Waals surface area contributed by atoms with Crippen molar-refractivity contribution >= 4 is 41.7 Å². The molecule has 1 unspecified atom stereocenters. The van der Waals surface area contributed by atoms with Gasteiger partial charge in [-0.1, -0.05) is 26.2 Å². The molecule has 0 aromatic rings. The molecule has 0 aromatic heterocycles. The van der Waals surface area contributed by atoms with E-state index in [1.165, 1.54) is 82.8 Å². The Morgan fingerprint density at radius 2 is 1.96 bits per heavy atom. The third kappa shape index (κ3) is 6.16. The van der Waals surface area contributed by atoms with Crippen molar-refractivity contribution in [3.05, 3.63) is 0 Å². The van der Waals surface area contributed by atoms with Crippen molar-refractivity contribution in [2.75, 3.05) is 51.6 Å². The zero-order valence-electron chi connectivity index (χ0n) is 16.8. The summed E-state index contributed by atoms with van der Waals surface area (Å²) in [6, 6.07) is 0. The molecule has 2 saturated heterocycles. The van der Waals surface area contributed by atoms with Crippen molar-refractivity contribution in [2.24, 2.45) is 10.9 Å². The van der Waals surface area contributed by atoms with Crippen LogP contribution in [0.3, 0.4) is 0 Å². The Bertz CT molecular complexity index is 434.